The van der Waals surface area contributed by atoms with E-state index in [4.69, 9.17) is 5.73 Å². The number of phenolic OH excluding ortho intramolecular Hbond substituents is 1. The predicted octanol–water partition coefficient (Wildman–Crippen LogP) is 4.06. The number of phenols is 1. The molecule has 4 nitrogen and oxygen atoms in total. The molecule has 2 aromatic rings. The molecule has 0 radical (unpaired) electrons. The van der Waals surface area contributed by atoms with Crippen LogP contribution in [0, 0.1) is 6.92 Å². The molecule has 0 unspecified atom stereocenters. The number of aryl methyl sites for hydroxylation is 1. The molecule has 0 aliphatic carbocycles. The first kappa shape index (κ1) is 14.9. The third-order valence-electron chi connectivity index (χ3n) is 2.78. The van der Waals surface area contributed by atoms with E-state index in [1.54, 1.807) is 25.1 Å². The van der Waals surface area contributed by atoms with Crippen molar-refractivity contribution in [1.29, 1.82) is 0 Å². The SMILES string of the molecule is Cc1cc(O)ccc1C(=O)Nc1c(N)cc(Br)cc1Br. The molecule has 0 aromatic heterocycles. The highest BCUT2D eigenvalue weighted by atomic mass is 79.9. The van der Waals surface area contributed by atoms with Gasteiger partial charge in [0.1, 0.15) is 5.75 Å². The van der Waals surface area contributed by atoms with Gasteiger partial charge in [-0.1, -0.05) is 15.9 Å². The molecule has 6 heteroatoms. The van der Waals surface area contributed by atoms with Gasteiger partial charge in [-0.15, -0.1) is 0 Å². The lowest BCUT2D eigenvalue weighted by Gasteiger charge is -2.12. The summed E-state index contributed by atoms with van der Waals surface area (Å²) in [6, 6.07) is 8.10. The quantitative estimate of drug-likeness (QED) is 0.666. The van der Waals surface area contributed by atoms with Gasteiger partial charge in [0.25, 0.3) is 5.91 Å². The lowest BCUT2D eigenvalue weighted by Crippen LogP contribution is -2.15. The van der Waals surface area contributed by atoms with E-state index >= 15 is 0 Å². The van der Waals surface area contributed by atoms with Crippen molar-refractivity contribution in [1.82, 2.24) is 0 Å². The largest absolute Gasteiger partial charge is 0.508 e. The van der Waals surface area contributed by atoms with Crippen LogP contribution < -0.4 is 11.1 Å². The molecule has 2 rings (SSSR count). The van der Waals surface area contributed by atoms with Crippen molar-refractivity contribution in [2.75, 3.05) is 11.1 Å². The van der Waals surface area contributed by atoms with Gasteiger partial charge in [0.15, 0.2) is 0 Å². The molecule has 1 amide bonds. The minimum Gasteiger partial charge on any atom is -0.508 e. The van der Waals surface area contributed by atoms with Crippen LogP contribution in [0.1, 0.15) is 15.9 Å². The lowest BCUT2D eigenvalue weighted by molar-refractivity contribution is 0.102. The Morgan fingerprint density at radius 1 is 1.25 bits per heavy atom. The first-order valence-electron chi connectivity index (χ1n) is 5.74. The number of nitrogen functional groups attached to an aromatic ring is 1. The molecule has 0 bridgehead atoms. The Balaban J connectivity index is 2.33. The van der Waals surface area contributed by atoms with Crippen LogP contribution in [0.15, 0.2) is 39.3 Å². The number of carbonyl (C=O) groups is 1. The Morgan fingerprint density at radius 3 is 2.55 bits per heavy atom. The maximum absolute atomic E-state index is 12.3. The van der Waals surface area contributed by atoms with Gasteiger partial charge in [-0.25, -0.2) is 0 Å². The van der Waals surface area contributed by atoms with Crippen LogP contribution in [0.2, 0.25) is 0 Å². The third-order valence-corrected chi connectivity index (χ3v) is 3.86. The van der Waals surface area contributed by atoms with Gasteiger partial charge in [-0.3, -0.25) is 4.79 Å². The van der Waals surface area contributed by atoms with E-state index in [2.05, 4.69) is 37.2 Å². The second kappa shape index (κ2) is 5.85. The van der Waals surface area contributed by atoms with Crippen LogP contribution in [-0.4, -0.2) is 11.0 Å². The molecule has 0 aliphatic rings. The van der Waals surface area contributed by atoms with Gasteiger partial charge in [0.2, 0.25) is 0 Å². The highest BCUT2D eigenvalue weighted by Gasteiger charge is 2.14. The van der Waals surface area contributed by atoms with E-state index in [9.17, 15) is 9.90 Å². The second-order valence-electron chi connectivity index (χ2n) is 4.31. The Bertz CT molecular complexity index is 664. The molecule has 2 aromatic carbocycles. The molecule has 0 atom stereocenters. The number of hydrogen-bond donors (Lipinski definition) is 3. The van der Waals surface area contributed by atoms with Gasteiger partial charge >= 0.3 is 0 Å². The second-order valence-corrected chi connectivity index (χ2v) is 6.08. The van der Waals surface area contributed by atoms with Crippen molar-refractivity contribution >= 4 is 49.1 Å². The maximum atomic E-state index is 12.3. The highest BCUT2D eigenvalue weighted by molar-refractivity contribution is 9.11. The van der Waals surface area contributed by atoms with Crippen LogP contribution >= 0.6 is 31.9 Å². The molecule has 0 heterocycles. The topological polar surface area (TPSA) is 75.3 Å². The highest BCUT2D eigenvalue weighted by Crippen LogP contribution is 2.33. The molecular formula is C14H12Br2N2O2. The third kappa shape index (κ3) is 3.13. The van der Waals surface area contributed by atoms with Gasteiger partial charge in [-0.2, -0.15) is 0 Å². The minimum atomic E-state index is -0.280. The molecule has 0 fully saturated rings. The number of nitrogens with two attached hydrogens (primary N) is 1. The number of benzene rings is 2. The number of halogens is 2. The van der Waals surface area contributed by atoms with Gasteiger partial charge in [0.05, 0.1) is 11.4 Å². The van der Waals surface area contributed by atoms with Crippen LogP contribution in [0.3, 0.4) is 0 Å². The van der Waals surface area contributed by atoms with Gasteiger partial charge in [0, 0.05) is 14.5 Å². The van der Waals surface area contributed by atoms with Gasteiger partial charge < -0.3 is 16.2 Å². The minimum absolute atomic E-state index is 0.128. The zero-order chi connectivity index (χ0) is 14.9. The predicted molar refractivity (Wildman–Crippen MR) is 87.1 cm³/mol. The Hall–Kier alpha value is -1.53. The zero-order valence-electron chi connectivity index (χ0n) is 10.6. The molecule has 20 heavy (non-hydrogen) atoms. The summed E-state index contributed by atoms with van der Waals surface area (Å²) >= 11 is 6.69. The monoisotopic (exact) mass is 398 g/mol. The van der Waals surface area contributed by atoms with Crippen LogP contribution in [0.25, 0.3) is 0 Å². The fourth-order valence-corrected chi connectivity index (χ4v) is 3.17. The van der Waals surface area contributed by atoms with Crippen molar-refractivity contribution in [2.24, 2.45) is 0 Å². The lowest BCUT2D eigenvalue weighted by atomic mass is 10.1. The van der Waals surface area contributed by atoms with E-state index in [0.29, 0.717) is 27.0 Å². The molecular weight excluding hydrogens is 388 g/mol. The summed E-state index contributed by atoms with van der Waals surface area (Å²) in [5.74, 6) is -0.152. The van der Waals surface area contributed by atoms with Crippen molar-refractivity contribution in [3.05, 3.63) is 50.4 Å². The fraction of sp³-hybridized carbons (Fsp3) is 0.0714. The van der Waals surface area contributed by atoms with Crippen molar-refractivity contribution in [2.45, 2.75) is 6.92 Å². The molecule has 104 valence electrons. The summed E-state index contributed by atoms with van der Waals surface area (Å²) in [5, 5.41) is 12.1. The van der Waals surface area contributed by atoms with E-state index in [1.165, 1.54) is 12.1 Å². The number of nitrogens with one attached hydrogen (secondary N) is 1. The standard InChI is InChI=1S/C14H12Br2N2O2/c1-7-4-9(19)2-3-10(7)14(20)18-13-11(16)5-8(15)6-12(13)17/h2-6,19H,17H2,1H3,(H,18,20). The van der Waals surface area contributed by atoms with E-state index in [0.717, 1.165) is 4.47 Å². The molecule has 0 saturated carbocycles. The first-order valence-corrected chi connectivity index (χ1v) is 7.32. The number of aromatic hydroxyl groups is 1. The number of carbonyl (C=O) groups excluding carboxylic acids is 1. The van der Waals surface area contributed by atoms with Crippen LogP contribution in [-0.2, 0) is 0 Å². The summed E-state index contributed by atoms with van der Waals surface area (Å²) in [6.07, 6.45) is 0. The van der Waals surface area contributed by atoms with E-state index in [-0.39, 0.29) is 11.7 Å². The van der Waals surface area contributed by atoms with Gasteiger partial charge in [-0.05, 0) is 58.7 Å². The molecule has 0 aliphatic heterocycles. The summed E-state index contributed by atoms with van der Waals surface area (Å²) in [7, 11) is 0. The van der Waals surface area contributed by atoms with Crippen LogP contribution in [0.4, 0.5) is 11.4 Å². The van der Waals surface area contributed by atoms with Crippen molar-refractivity contribution < 1.29 is 9.90 Å². The zero-order valence-corrected chi connectivity index (χ0v) is 13.7. The number of rotatable bonds is 2. The summed E-state index contributed by atoms with van der Waals surface area (Å²) < 4.78 is 1.51. The fourth-order valence-electron chi connectivity index (χ4n) is 1.81. The summed E-state index contributed by atoms with van der Waals surface area (Å²) in [5.41, 5.74) is 8.04. The van der Waals surface area contributed by atoms with E-state index in [1.807, 2.05) is 0 Å². The Labute approximate surface area is 133 Å². The number of hydrogen-bond acceptors (Lipinski definition) is 3. The van der Waals surface area contributed by atoms with Crippen molar-refractivity contribution in [3.8, 4) is 5.75 Å². The normalized spacial score (nSPS) is 10.3. The smallest absolute Gasteiger partial charge is 0.256 e. The summed E-state index contributed by atoms with van der Waals surface area (Å²) in [6.45, 7) is 1.76. The van der Waals surface area contributed by atoms with Crippen molar-refractivity contribution in [3.63, 3.8) is 0 Å². The maximum Gasteiger partial charge on any atom is 0.256 e. The van der Waals surface area contributed by atoms with E-state index < -0.39 is 0 Å². The average molecular weight is 400 g/mol. The molecule has 0 spiro atoms. The average Bonchev–Trinajstić information content (AvgIpc) is 2.33. The molecule has 0 saturated heterocycles. The van der Waals surface area contributed by atoms with Crippen LogP contribution in [0.5, 0.6) is 5.75 Å². The number of anilines is 2. The first-order chi connectivity index (χ1) is 9.38. The molecule has 4 N–H and O–H groups in total. The Morgan fingerprint density at radius 2 is 1.95 bits per heavy atom. The summed E-state index contributed by atoms with van der Waals surface area (Å²) in [4.78, 5) is 12.3. The number of amides is 1. The Kier molecular flexibility index (Phi) is 4.35.